The first-order valence-corrected chi connectivity index (χ1v) is 6.26. The number of nitrogens with zero attached hydrogens (tertiary/aromatic N) is 2. The Morgan fingerprint density at radius 2 is 1.94 bits per heavy atom. The predicted octanol–water partition coefficient (Wildman–Crippen LogP) is 3.42. The highest BCUT2D eigenvalue weighted by Gasteiger charge is 2.02. The highest BCUT2D eigenvalue weighted by Crippen LogP contribution is 2.16. The zero-order chi connectivity index (χ0) is 12.8. The van der Waals surface area contributed by atoms with Gasteiger partial charge in [-0.15, -0.1) is 24.0 Å². The summed E-state index contributed by atoms with van der Waals surface area (Å²) < 4.78 is 0. The Labute approximate surface area is 131 Å². The van der Waals surface area contributed by atoms with Crippen molar-refractivity contribution in [2.24, 2.45) is 10.7 Å². The molecule has 0 radical (unpaired) electrons. The van der Waals surface area contributed by atoms with E-state index < -0.39 is 0 Å². The molecule has 0 spiro atoms. The summed E-state index contributed by atoms with van der Waals surface area (Å²) in [4.78, 5) is 6.41. The molecule has 5 heteroatoms. The Hall–Kier alpha value is -0.490. The second kappa shape index (κ2) is 8.58. The van der Waals surface area contributed by atoms with E-state index in [9.17, 15) is 0 Å². The topological polar surface area (TPSA) is 41.6 Å². The third kappa shape index (κ3) is 5.02. The Morgan fingerprint density at radius 1 is 1.33 bits per heavy atom. The lowest BCUT2D eigenvalue weighted by Crippen LogP contribution is -2.37. The zero-order valence-corrected chi connectivity index (χ0v) is 14.2. The summed E-state index contributed by atoms with van der Waals surface area (Å²) in [5.74, 6) is 0.600. The molecule has 0 aromatic heterocycles. The molecule has 102 valence electrons. The lowest BCUT2D eigenvalue weighted by molar-refractivity contribution is 0.458. The first-order chi connectivity index (χ1) is 8.08. The van der Waals surface area contributed by atoms with Crippen LogP contribution in [-0.4, -0.2) is 23.9 Å². The summed E-state index contributed by atoms with van der Waals surface area (Å²) in [5, 5.41) is 0.787. The van der Waals surface area contributed by atoms with Crippen molar-refractivity contribution in [1.82, 2.24) is 4.90 Å². The average molecular weight is 382 g/mol. The molecule has 18 heavy (non-hydrogen) atoms. The van der Waals surface area contributed by atoms with Gasteiger partial charge in [0, 0.05) is 18.1 Å². The zero-order valence-electron chi connectivity index (χ0n) is 11.1. The molecular formula is C13H21ClIN3. The SMILES string of the molecule is CCN(CC)C(N)=NCc1ccc(Cl)c(C)c1.I. The second-order valence-electron chi connectivity index (χ2n) is 3.93. The van der Waals surface area contributed by atoms with E-state index in [1.54, 1.807) is 0 Å². The van der Waals surface area contributed by atoms with Crippen molar-refractivity contribution in [3.63, 3.8) is 0 Å². The molecule has 0 amide bonds. The van der Waals surface area contributed by atoms with Crippen molar-refractivity contribution in [2.75, 3.05) is 13.1 Å². The van der Waals surface area contributed by atoms with Gasteiger partial charge in [-0.05, 0) is 38.0 Å². The molecule has 0 bridgehead atoms. The quantitative estimate of drug-likeness (QED) is 0.493. The molecule has 3 nitrogen and oxygen atoms in total. The minimum atomic E-state index is 0. The van der Waals surface area contributed by atoms with Crippen molar-refractivity contribution in [3.05, 3.63) is 34.3 Å². The second-order valence-corrected chi connectivity index (χ2v) is 4.34. The maximum absolute atomic E-state index is 5.97. The molecule has 1 aromatic rings. The number of nitrogens with two attached hydrogens (primary N) is 1. The highest BCUT2D eigenvalue weighted by atomic mass is 127. The Bertz CT molecular complexity index is 403. The first-order valence-electron chi connectivity index (χ1n) is 5.88. The summed E-state index contributed by atoms with van der Waals surface area (Å²) in [6.45, 7) is 8.48. The lowest BCUT2D eigenvalue weighted by atomic mass is 10.1. The Balaban J connectivity index is 0.00000289. The third-order valence-corrected chi connectivity index (χ3v) is 3.16. The van der Waals surface area contributed by atoms with Crippen LogP contribution >= 0.6 is 35.6 Å². The van der Waals surface area contributed by atoms with Crippen molar-refractivity contribution < 1.29 is 0 Å². The van der Waals surface area contributed by atoms with E-state index in [4.69, 9.17) is 17.3 Å². The van der Waals surface area contributed by atoms with Gasteiger partial charge >= 0.3 is 0 Å². The number of rotatable bonds is 4. The maximum Gasteiger partial charge on any atom is 0.191 e. The minimum Gasteiger partial charge on any atom is -0.370 e. The molecule has 0 heterocycles. The van der Waals surface area contributed by atoms with Gasteiger partial charge in [0.25, 0.3) is 0 Å². The van der Waals surface area contributed by atoms with Gasteiger partial charge in [0.05, 0.1) is 6.54 Å². The highest BCUT2D eigenvalue weighted by molar-refractivity contribution is 14.0. The molecular weight excluding hydrogens is 361 g/mol. The van der Waals surface area contributed by atoms with Crippen molar-refractivity contribution >= 4 is 41.5 Å². The number of guanidine groups is 1. The van der Waals surface area contributed by atoms with Crippen LogP contribution in [0.5, 0.6) is 0 Å². The Morgan fingerprint density at radius 3 is 2.44 bits per heavy atom. The standard InChI is InChI=1S/C13H20ClN3.HI/c1-4-17(5-2)13(15)16-9-11-6-7-12(14)10(3)8-11;/h6-8H,4-5,9H2,1-3H3,(H2,15,16);1H. The normalized spacial score (nSPS) is 11.0. The fourth-order valence-electron chi connectivity index (χ4n) is 1.63. The van der Waals surface area contributed by atoms with Gasteiger partial charge in [-0.25, -0.2) is 4.99 Å². The molecule has 0 fully saturated rings. The van der Waals surface area contributed by atoms with E-state index in [1.165, 1.54) is 0 Å². The fourth-order valence-corrected chi connectivity index (χ4v) is 1.74. The van der Waals surface area contributed by atoms with Crippen LogP contribution in [0.4, 0.5) is 0 Å². The van der Waals surface area contributed by atoms with Gasteiger partial charge in [-0.2, -0.15) is 0 Å². The molecule has 0 unspecified atom stereocenters. The summed E-state index contributed by atoms with van der Waals surface area (Å²) in [6, 6.07) is 5.92. The summed E-state index contributed by atoms with van der Waals surface area (Å²) in [6.07, 6.45) is 0. The van der Waals surface area contributed by atoms with Gasteiger partial charge in [0.1, 0.15) is 0 Å². The maximum atomic E-state index is 5.97. The third-order valence-electron chi connectivity index (χ3n) is 2.73. The van der Waals surface area contributed by atoms with Crippen LogP contribution in [-0.2, 0) is 6.54 Å². The number of hydrogen-bond acceptors (Lipinski definition) is 1. The summed E-state index contributed by atoms with van der Waals surface area (Å²) in [5.41, 5.74) is 8.10. The van der Waals surface area contributed by atoms with E-state index in [0.717, 1.165) is 29.2 Å². The molecule has 0 aliphatic carbocycles. The van der Waals surface area contributed by atoms with Gasteiger partial charge in [-0.1, -0.05) is 23.7 Å². The monoisotopic (exact) mass is 381 g/mol. The molecule has 1 rings (SSSR count). The van der Waals surface area contributed by atoms with Crippen LogP contribution in [0.1, 0.15) is 25.0 Å². The van der Waals surface area contributed by atoms with Crippen LogP contribution < -0.4 is 5.73 Å². The Kier molecular flexibility index (Phi) is 8.35. The van der Waals surface area contributed by atoms with Crippen molar-refractivity contribution in [3.8, 4) is 0 Å². The molecule has 0 atom stereocenters. The van der Waals surface area contributed by atoms with Crippen LogP contribution in [0, 0.1) is 6.92 Å². The van der Waals surface area contributed by atoms with Gasteiger partial charge in [0.2, 0.25) is 0 Å². The van der Waals surface area contributed by atoms with Crippen molar-refractivity contribution in [1.29, 1.82) is 0 Å². The molecule has 1 aromatic carbocycles. The largest absolute Gasteiger partial charge is 0.370 e. The van der Waals surface area contributed by atoms with Crippen LogP contribution in [0.3, 0.4) is 0 Å². The number of halogens is 2. The van der Waals surface area contributed by atoms with Gasteiger partial charge in [-0.3, -0.25) is 0 Å². The van der Waals surface area contributed by atoms with E-state index in [1.807, 2.05) is 30.0 Å². The molecule has 0 saturated heterocycles. The molecule has 0 aliphatic rings. The number of benzene rings is 1. The fraction of sp³-hybridized carbons (Fsp3) is 0.462. The number of aliphatic imine (C=N–C) groups is 1. The van der Waals surface area contributed by atoms with E-state index in [2.05, 4.69) is 18.8 Å². The minimum absolute atomic E-state index is 0. The summed E-state index contributed by atoms with van der Waals surface area (Å²) in [7, 11) is 0. The van der Waals surface area contributed by atoms with Crippen LogP contribution in [0.2, 0.25) is 5.02 Å². The van der Waals surface area contributed by atoms with Crippen molar-refractivity contribution in [2.45, 2.75) is 27.3 Å². The molecule has 0 aliphatic heterocycles. The average Bonchev–Trinajstić information content (AvgIpc) is 2.32. The molecule has 0 saturated carbocycles. The smallest absolute Gasteiger partial charge is 0.191 e. The predicted molar refractivity (Wildman–Crippen MR) is 89.9 cm³/mol. The van der Waals surface area contributed by atoms with Crippen LogP contribution in [0.15, 0.2) is 23.2 Å². The van der Waals surface area contributed by atoms with E-state index >= 15 is 0 Å². The van der Waals surface area contributed by atoms with E-state index in [0.29, 0.717) is 12.5 Å². The van der Waals surface area contributed by atoms with Gasteiger partial charge in [0.15, 0.2) is 5.96 Å². The summed E-state index contributed by atoms with van der Waals surface area (Å²) >= 11 is 5.97. The molecule has 2 N–H and O–H groups in total. The van der Waals surface area contributed by atoms with Crippen LogP contribution in [0.25, 0.3) is 0 Å². The van der Waals surface area contributed by atoms with E-state index in [-0.39, 0.29) is 24.0 Å². The number of hydrogen-bond donors (Lipinski definition) is 1. The lowest BCUT2D eigenvalue weighted by Gasteiger charge is -2.19. The first kappa shape index (κ1) is 17.5. The number of aryl methyl sites for hydroxylation is 1. The van der Waals surface area contributed by atoms with Gasteiger partial charge < -0.3 is 10.6 Å².